The van der Waals surface area contributed by atoms with E-state index >= 15 is 0 Å². The molecular weight excluding hydrogens is 374 g/mol. The Kier molecular flexibility index (Phi) is 3.91. The van der Waals surface area contributed by atoms with Crippen molar-refractivity contribution in [3.63, 3.8) is 0 Å². The van der Waals surface area contributed by atoms with E-state index in [2.05, 4.69) is 6.07 Å². The fraction of sp³-hybridized carbons (Fsp3) is 0.500. The minimum absolute atomic E-state index is 0.211. The molecule has 2 saturated heterocycles. The van der Waals surface area contributed by atoms with Gasteiger partial charge in [0.05, 0.1) is 29.0 Å². The number of nitrogens with one attached hydrogen (secondary N) is 1. The first kappa shape index (κ1) is 18.9. The number of hydrogen-bond donors (Lipinski definition) is 1. The highest BCUT2D eigenvalue weighted by molar-refractivity contribution is 5.89. The second kappa shape index (κ2) is 6.01. The number of nitro groups is 1. The molecule has 2 bridgehead atoms. The molecule has 1 N–H and O–H groups in total. The second-order valence-corrected chi connectivity index (χ2v) is 7.98. The molecule has 1 aromatic carbocycles. The molecule has 5 atom stereocenters. The molecule has 2 heterocycles. The van der Waals surface area contributed by atoms with Gasteiger partial charge in [0, 0.05) is 18.6 Å². The third-order valence-electron chi connectivity index (χ3n) is 6.56. The molecule has 1 saturated carbocycles. The average Bonchev–Trinajstić information content (AvgIpc) is 2.92. The minimum Gasteiger partial charge on any atom is -0.447 e. The van der Waals surface area contributed by atoms with E-state index in [1.165, 1.54) is 24.3 Å². The van der Waals surface area contributed by atoms with Gasteiger partial charge in [-0.25, -0.2) is 0 Å². The van der Waals surface area contributed by atoms with Gasteiger partial charge >= 0.3 is 0 Å². The van der Waals surface area contributed by atoms with Gasteiger partial charge < -0.3 is 9.47 Å². The summed E-state index contributed by atoms with van der Waals surface area (Å²) in [6.07, 6.45) is 0.342. The van der Waals surface area contributed by atoms with Crippen LogP contribution in [-0.4, -0.2) is 16.6 Å². The standard InChI is InChI=1S/C20H17N5O4/c1-12-5-6-20-15(7-12)19(11-23,17(24)29-20)18(9-21,10-22)16(28-20)13-3-2-4-14(8-13)25(26)27/h2-4,8,12,15-16,24H,5-7H2,1H3. The van der Waals surface area contributed by atoms with Gasteiger partial charge in [0.2, 0.25) is 17.1 Å². The van der Waals surface area contributed by atoms with Crippen LogP contribution in [0.5, 0.6) is 0 Å². The zero-order valence-corrected chi connectivity index (χ0v) is 15.6. The van der Waals surface area contributed by atoms with Crippen LogP contribution >= 0.6 is 0 Å². The van der Waals surface area contributed by atoms with E-state index in [1.807, 2.05) is 19.1 Å². The molecule has 1 aliphatic carbocycles. The Labute approximate surface area is 166 Å². The monoisotopic (exact) mass is 391 g/mol. The van der Waals surface area contributed by atoms with E-state index in [0.717, 1.165) is 6.42 Å². The highest BCUT2D eigenvalue weighted by Gasteiger charge is 2.80. The summed E-state index contributed by atoms with van der Waals surface area (Å²) in [4.78, 5) is 10.7. The lowest BCUT2D eigenvalue weighted by Gasteiger charge is -2.52. The van der Waals surface area contributed by atoms with Crippen LogP contribution in [0.1, 0.15) is 37.9 Å². The molecular formula is C20H17N5O4. The molecule has 0 aromatic heterocycles. The van der Waals surface area contributed by atoms with Crippen LogP contribution in [0, 0.1) is 72.2 Å². The van der Waals surface area contributed by atoms with Crippen molar-refractivity contribution < 1.29 is 14.4 Å². The van der Waals surface area contributed by atoms with Crippen LogP contribution in [0.25, 0.3) is 0 Å². The van der Waals surface area contributed by atoms with E-state index < -0.39 is 39.5 Å². The number of hydrogen-bond acceptors (Lipinski definition) is 8. The number of ether oxygens (including phenoxy) is 2. The van der Waals surface area contributed by atoms with Crippen LogP contribution < -0.4 is 0 Å². The fourth-order valence-electron chi connectivity index (χ4n) is 5.13. The molecule has 5 unspecified atom stereocenters. The lowest BCUT2D eigenvalue weighted by Crippen LogP contribution is -2.60. The molecule has 9 nitrogen and oxygen atoms in total. The van der Waals surface area contributed by atoms with Crippen LogP contribution in [-0.2, 0) is 9.47 Å². The van der Waals surface area contributed by atoms with Crippen molar-refractivity contribution in [3.05, 3.63) is 39.9 Å². The number of nitrogens with zero attached hydrogens (tertiary/aromatic N) is 4. The molecule has 0 amide bonds. The molecule has 3 aliphatic rings. The van der Waals surface area contributed by atoms with E-state index in [4.69, 9.17) is 14.9 Å². The summed E-state index contributed by atoms with van der Waals surface area (Å²) in [5.41, 5.74) is -3.90. The van der Waals surface area contributed by atoms with Crippen molar-refractivity contribution in [1.29, 1.82) is 21.2 Å². The maximum Gasteiger partial charge on any atom is 0.269 e. The summed E-state index contributed by atoms with van der Waals surface area (Å²) in [5.74, 6) is -2.17. The fourth-order valence-corrected chi connectivity index (χ4v) is 5.13. The maximum atomic E-state index is 11.2. The Bertz CT molecular complexity index is 1040. The summed E-state index contributed by atoms with van der Waals surface area (Å²) in [6, 6.07) is 11.5. The van der Waals surface area contributed by atoms with Crippen LogP contribution in [0.4, 0.5) is 5.69 Å². The third-order valence-corrected chi connectivity index (χ3v) is 6.56. The van der Waals surface area contributed by atoms with E-state index in [-0.39, 0.29) is 17.2 Å². The number of nitriles is 3. The van der Waals surface area contributed by atoms with Gasteiger partial charge in [0.1, 0.15) is 6.10 Å². The quantitative estimate of drug-likeness (QED) is 0.598. The van der Waals surface area contributed by atoms with Crippen LogP contribution in [0.3, 0.4) is 0 Å². The van der Waals surface area contributed by atoms with E-state index in [0.29, 0.717) is 12.8 Å². The Hall–Kier alpha value is -3.48. The van der Waals surface area contributed by atoms with Gasteiger partial charge in [-0.05, 0) is 24.3 Å². The Balaban J connectivity index is 1.98. The number of benzene rings is 1. The molecule has 0 spiro atoms. The molecule has 146 valence electrons. The number of nitro benzene ring substituents is 1. The van der Waals surface area contributed by atoms with Crippen LogP contribution in [0.2, 0.25) is 0 Å². The summed E-state index contributed by atoms with van der Waals surface area (Å²) in [5, 5.41) is 50.2. The molecule has 29 heavy (non-hydrogen) atoms. The largest absolute Gasteiger partial charge is 0.447 e. The van der Waals surface area contributed by atoms with Crippen molar-refractivity contribution in [3.8, 4) is 18.2 Å². The summed E-state index contributed by atoms with van der Waals surface area (Å²) < 4.78 is 12.1. The van der Waals surface area contributed by atoms with Crippen molar-refractivity contribution in [2.45, 2.75) is 38.1 Å². The highest BCUT2D eigenvalue weighted by atomic mass is 16.7. The molecule has 0 radical (unpaired) electrons. The minimum atomic E-state index is -2.09. The molecule has 9 heteroatoms. The topological polar surface area (TPSA) is 157 Å². The number of rotatable bonds is 2. The van der Waals surface area contributed by atoms with Crippen LogP contribution in [0.15, 0.2) is 24.3 Å². The molecule has 1 aromatic rings. The zero-order valence-electron chi connectivity index (χ0n) is 15.6. The summed E-state index contributed by atoms with van der Waals surface area (Å²) in [7, 11) is 0. The van der Waals surface area contributed by atoms with Crippen molar-refractivity contribution in [1.82, 2.24) is 0 Å². The van der Waals surface area contributed by atoms with Crippen molar-refractivity contribution >= 4 is 11.6 Å². The van der Waals surface area contributed by atoms with Gasteiger partial charge in [-0.2, -0.15) is 15.8 Å². The SMILES string of the molecule is CC1CCC23OC(=N)C(C#N)(C2C1)C(C#N)(C#N)C(c1cccc([N+](=O)[O-])c1)O3. The van der Waals surface area contributed by atoms with Crippen molar-refractivity contribution in [2.24, 2.45) is 22.7 Å². The molecule has 2 aliphatic heterocycles. The molecule has 4 rings (SSSR count). The Morgan fingerprint density at radius 3 is 2.62 bits per heavy atom. The van der Waals surface area contributed by atoms with Gasteiger partial charge in [-0.3, -0.25) is 15.5 Å². The van der Waals surface area contributed by atoms with E-state index in [9.17, 15) is 25.9 Å². The normalized spacial score (nSPS) is 36.6. The first-order chi connectivity index (χ1) is 13.8. The second-order valence-electron chi connectivity index (χ2n) is 7.98. The number of non-ortho nitro benzene ring substituents is 1. The van der Waals surface area contributed by atoms with E-state index in [1.54, 1.807) is 0 Å². The average molecular weight is 391 g/mol. The van der Waals surface area contributed by atoms with Gasteiger partial charge in [0.15, 0.2) is 5.41 Å². The van der Waals surface area contributed by atoms with Crippen molar-refractivity contribution in [2.75, 3.05) is 0 Å². The first-order valence-corrected chi connectivity index (χ1v) is 9.24. The van der Waals surface area contributed by atoms with Gasteiger partial charge in [-0.15, -0.1) is 0 Å². The lowest BCUT2D eigenvalue weighted by molar-refractivity contribution is -0.385. The predicted molar refractivity (Wildman–Crippen MR) is 96.7 cm³/mol. The maximum absolute atomic E-state index is 11.2. The first-order valence-electron chi connectivity index (χ1n) is 9.24. The molecule has 3 fully saturated rings. The third kappa shape index (κ3) is 2.12. The Morgan fingerprint density at radius 2 is 2.00 bits per heavy atom. The predicted octanol–water partition coefficient (Wildman–Crippen LogP) is 3.35. The zero-order chi connectivity index (χ0) is 21.0. The smallest absolute Gasteiger partial charge is 0.269 e. The lowest BCUT2D eigenvalue weighted by atomic mass is 9.50. The Morgan fingerprint density at radius 1 is 1.28 bits per heavy atom. The summed E-state index contributed by atoms with van der Waals surface area (Å²) >= 11 is 0. The van der Waals surface area contributed by atoms with Gasteiger partial charge in [0.25, 0.3) is 5.69 Å². The van der Waals surface area contributed by atoms with Gasteiger partial charge in [-0.1, -0.05) is 19.1 Å². The summed E-state index contributed by atoms with van der Waals surface area (Å²) in [6.45, 7) is 2.01. The highest BCUT2D eigenvalue weighted by Crippen LogP contribution is 2.69.